The minimum atomic E-state index is -0.535. The molecule has 4 aromatic rings. The molecule has 1 amide bonds. The van der Waals surface area contributed by atoms with Crippen molar-refractivity contribution in [2.24, 2.45) is 0 Å². The van der Waals surface area contributed by atoms with Crippen molar-refractivity contribution in [1.82, 2.24) is 34.3 Å². The van der Waals surface area contributed by atoms with Gasteiger partial charge in [-0.2, -0.15) is 5.10 Å². The van der Waals surface area contributed by atoms with Crippen LogP contribution in [0.15, 0.2) is 24.5 Å². The van der Waals surface area contributed by atoms with Gasteiger partial charge >= 0.3 is 6.09 Å². The number of likely N-dealkylation sites (tertiary alicyclic amines) is 1. The second kappa shape index (κ2) is 11.4. The van der Waals surface area contributed by atoms with E-state index in [-0.39, 0.29) is 18.4 Å². The highest BCUT2D eigenvalue weighted by molar-refractivity contribution is 6.03. The van der Waals surface area contributed by atoms with E-state index in [4.69, 9.17) is 29.4 Å². The maximum atomic E-state index is 12.7. The lowest BCUT2D eigenvalue weighted by Crippen LogP contribution is -2.47. The SMILES string of the molecule is CCOc1ccc2c3c(-c4nc(N[C@H]5CCCN(C(=O)OC(C)(C)C)C5)ncc4C)nn(C4CCCCO4)c3nn2c1. The molecular formula is C30H40N8O4. The van der Waals surface area contributed by atoms with Crippen LogP contribution in [0, 0.1) is 6.92 Å². The zero-order valence-electron chi connectivity index (χ0n) is 25.1. The van der Waals surface area contributed by atoms with Crippen molar-refractivity contribution in [3.63, 3.8) is 0 Å². The normalized spacial score (nSPS) is 19.8. The Morgan fingerprint density at radius 2 is 2.00 bits per heavy atom. The number of fused-ring (bicyclic) bond motifs is 3. The van der Waals surface area contributed by atoms with Crippen molar-refractivity contribution in [2.45, 2.75) is 84.6 Å². The number of aryl methyl sites for hydroxylation is 1. The second-order valence-corrected chi connectivity index (χ2v) is 12.1. The highest BCUT2D eigenvalue weighted by atomic mass is 16.6. The number of aromatic nitrogens is 6. The number of ether oxygens (including phenoxy) is 3. The van der Waals surface area contributed by atoms with E-state index in [2.05, 4.69) is 10.3 Å². The molecule has 12 nitrogen and oxygen atoms in total. The molecule has 6 rings (SSSR count). The van der Waals surface area contributed by atoms with Gasteiger partial charge in [-0.25, -0.2) is 24.0 Å². The van der Waals surface area contributed by atoms with Crippen LogP contribution in [0.2, 0.25) is 0 Å². The first kappa shape index (κ1) is 28.2. The Hall–Kier alpha value is -3.93. The average Bonchev–Trinajstić information content (AvgIpc) is 3.51. The van der Waals surface area contributed by atoms with Crippen LogP contribution >= 0.6 is 0 Å². The molecule has 0 spiro atoms. The number of carbonyl (C=O) groups is 1. The lowest BCUT2D eigenvalue weighted by Gasteiger charge is -2.34. The molecule has 0 aromatic carbocycles. The Bertz CT molecular complexity index is 1580. The van der Waals surface area contributed by atoms with Gasteiger partial charge in [-0.15, -0.1) is 5.10 Å². The van der Waals surface area contributed by atoms with Gasteiger partial charge in [0.05, 0.1) is 29.4 Å². The highest BCUT2D eigenvalue weighted by Gasteiger charge is 2.30. The molecule has 42 heavy (non-hydrogen) atoms. The Morgan fingerprint density at radius 3 is 2.76 bits per heavy atom. The van der Waals surface area contributed by atoms with E-state index >= 15 is 0 Å². The van der Waals surface area contributed by atoms with Crippen LogP contribution in [0.5, 0.6) is 5.75 Å². The van der Waals surface area contributed by atoms with Gasteiger partial charge in [-0.3, -0.25) is 0 Å². The fourth-order valence-corrected chi connectivity index (χ4v) is 5.67. The third-order valence-corrected chi connectivity index (χ3v) is 7.59. The number of piperidine rings is 1. The first-order chi connectivity index (χ1) is 20.2. The van der Waals surface area contributed by atoms with E-state index in [0.29, 0.717) is 32.3 Å². The van der Waals surface area contributed by atoms with Crippen molar-refractivity contribution in [3.05, 3.63) is 30.1 Å². The molecule has 0 bridgehead atoms. The molecule has 12 heteroatoms. The summed E-state index contributed by atoms with van der Waals surface area (Å²) in [6, 6.07) is 3.97. The Balaban J connectivity index is 1.35. The summed E-state index contributed by atoms with van der Waals surface area (Å²) in [5.74, 6) is 1.25. The molecule has 1 unspecified atom stereocenters. The van der Waals surface area contributed by atoms with Crippen LogP contribution < -0.4 is 10.1 Å². The topological polar surface area (TPSA) is 121 Å². The Kier molecular flexibility index (Phi) is 7.65. The number of pyridine rings is 1. The van der Waals surface area contributed by atoms with Crippen LogP contribution in [0.1, 0.15) is 71.6 Å². The molecule has 2 aliphatic heterocycles. The van der Waals surface area contributed by atoms with Gasteiger partial charge in [0.2, 0.25) is 5.95 Å². The smallest absolute Gasteiger partial charge is 0.410 e. The van der Waals surface area contributed by atoms with Crippen LogP contribution in [0.4, 0.5) is 10.7 Å². The molecule has 2 saturated heterocycles. The van der Waals surface area contributed by atoms with Crippen molar-refractivity contribution >= 4 is 28.6 Å². The first-order valence-corrected chi connectivity index (χ1v) is 14.9. The van der Waals surface area contributed by atoms with Crippen molar-refractivity contribution in [2.75, 3.05) is 31.6 Å². The van der Waals surface area contributed by atoms with E-state index in [1.54, 1.807) is 4.90 Å². The van der Waals surface area contributed by atoms with Crippen LogP contribution in [0.25, 0.3) is 27.9 Å². The number of rotatable bonds is 6. The quantitative estimate of drug-likeness (QED) is 0.323. The molecule has 6 heterocycles. The van der Waals surface area contributed by atoms with Gasteiger partial charge in [0.15, 0.2) is 11.9 Å². The maximum Gasteiger partial charge on any atom is 0.410 e. The van der Waals surface area contributed by atoms with Crippen LogP contribution in [-0.2, 0) is 9.47 Å². The molecule has 2 fully saturated rings. The summed E-state index contributed by atoms with van der Waals surface area (Å²) < 4.78 is 21.2. The maximum absolute atomic E-state index is 12.7. The molecule has 2 aliphatic rings. The highest BCUT2D eigenvalue weighted by Crippen LogP contribution is 2.36. The van der Waals surface area contributed by atoms with Crippen LogP contribution in [-0.4, -0.2) is 78.3 Å². The van der Waals surface area contributed by atoms with E-state index < -0.39 is 5.60 Å². The van der Waals surface area contributed by atoms with Gasteiger partial charge in [0.25, 0.3) is 0 Å². The van der Waals surface area contributed by atoms with Crippen molar-refractivity contribution in [3.8, 4) is 17.1 Å². The Morgan fingerprint density at radius 1 is 1.14 bits per heavy atom. The molecule has 0 aliphatic carbocycles. The first-order valence-electron chi connectivity index (χ1n) is 14.9. The number of nitrogens with zero attached hydrogens (tertiary/aromatic N) is 7. The van der Waals surface area contributed by atoms with Crippen molar-refractivity contribution in [1.29, 1.82) is 0 Å². The second-order valence-electron chi connectivity index (χ2n) is 12.1. The van der Waals surface area contributed by atoms with Crippen LogP contribution in [0.3, 0.4) is 0 Å². The lowest BCUT2D eigenvalue weighted by atomic mass is 10.1. The van der Waals surface area contributed by atoms with Gasteiger partial charge in [-0.05, 0) is 84.4 Å². The third-order valence-electron chi connectivity index (χ3n) is 7.59. The standard InChI is InChI=1S/C30H40N8O4/c1-6-40-21-12-13-22-24-26(34-38(23-11-7-8-15-41-23)27(24)35-37(22)18-21)25-19(2)16-31-28(33-25)32-20-10-9-14-36(17-20)29(39)42-30(3,4)5/h12-13,16,18,20,23H,6-11,14-15,17H2,1-5H3,(H,31,32,33)/t20-,23?/m0/s1. The molecule has 1 N–H and O–H groups in total. The molecule has 0 radical (unpaired) electrons. The summed E-state index contributed by atoms with van der Waals surface area (Å²) in [6.45, 7) is 12.1. The number of hydrogen-bond acceptors (Lipinski definition) is 9. The predicted octanol–water partition coefficient (Wildman–Crippen LogP) is 5.36. The largest absolute Gasteiger partial charge is 0.492 e. The van der Waals surface area contributed by atoms with E-state index in [1.165, 1.54) is 0 Å². The van der Waals surface area contributed by atoms with Gasteiger partial charge in [0.1, 0.15) is 17.0 Å². The van der Waals surface area contributed by atoms with Gasteiger partial charge in [0, 0.05) is 31.9 Å². The minimum absolute atomic E-state index is 0.00371. The van der Waals surface area contributed by atoms with Gasteiger partial charge in [-0.1, -0.05) is 0 Å². The summed E-state index contributed by atoms with van der Waals surface area (Å²) in [7, 11) is 0. The summed E-state index contributed by atoms with van der Waals surface area (Å²) in [6.07, 6.45) is 8.00. The predicted molar refractivity (Wildman–Crippen MR) is 159 cm³/mol. The number of nitrogens with one attached hydrogen (secondary N) is 1. The van der Waals surface area contributed by atoms with Gasteiger partial charge < -0.3 is 24.4 Å². The fraction of sp³-hybridized carbons (Fsp3) is 0.567. The number of carbonyl (C=O) groups excluding carboxylic acids is 1. The third kappa shape index (κ3) is 5.72. The van der Waals surface area contributed by atoms with E-state index in [1.807, 2.05) is 68.3 Å². The molecule has 4 aromatic heterocycles. The zero-order valence-corrected chi connectivity index (χ0v) is 25.1. The summed E-state index contributed by atoms with van der Waals surface area (Å²) in [4.78, 5) is 24.0. The number of hydrogen-bond donors (Lipinski definition) is 1. The summed E-state index contributed by atoms with van der Waals surface area (Å²) in [5.41, 5.74) is 3.50. The fourth-order valence-electron chi connectivity index (χ4n) is 5.67. The molecule has 224 valence electrons. The average molecular weight is 577 g/mol. The number of anilines is 1. The molecule has 0 saturated carbocycles. The Labute approximate surface area is 245 Å². The van der Waals surface area contributed by atoms with E-state index in [9.17, 15) is 4.79 Å². The van der Waals surface area contributed by atoms with E-state index in [0.717, 1.165) is 71.4 Å². The minimum Gasteiger partial charge on any atom is -0.492 e. The van der Waals surface area contributed by atoms with Crippen molar-refractivity contribution < 1.29 is 19.0 Å². The molecular weight excluding hydrogens is 536 g/mol. The lowest BCUT2D eigenvalue weighted by molar-refractivity contribution is -0.0369. The number of amides is 1. The summed E-state index contributed by atoms with van der Waals surface area (Å²) >= 11 is 0. The summed E-state index contributed by atoms with van der Waals surface area (Å²) in [5, 5.41) is 14.4. The molecule has 2 atom stereocenters. The zero-order chi connectivity index (χ0) is 29.4. The monoisotopic (exact) mass is 576 g/mol.